The van der Waals surface area contributed by atoms with E-state index in [1.54, 1.807) is 6.92 Å². The highest BCUT2D eigenvalue weighted by Crippen LogP contribution is 2.19. The van der Waals surface area contributed by atoms with Crippen LogP contribution in [0.3, 0.4) is 0 Å². The Morgan fingerprint density at radius 2 is 1.94 bits per heavy atom. The van der Waals surface area contributed by atoms with E-state index in [0.29, 0.717) is 6.42 Å². The zero-order valence-corrected chi connectivity index (χ0v) is 10.9. The number of hydrogen-bond donors (Lipinski definition) is 0. The van der Waals surface area contributed by atoms with Gasteiger partial charge in [0.1, 0.15) is 17.6 Å². The molecule has 1 fully saturated rings. The molecule has 98 valence electrons. The molecular formula is C15H20O3. The third-order valence-corrected chi connectivity index (χ3v) is 3.16. The van der Waals surface area contributed by atoms with Crippen LogP contribution in [0.5, 0.6) is 5.75 Å². The Morgan fingerprint density at radius 3 is 2.56 bits per heavy atom. The van der Waals surface area contributed by atoms with Crippen molar-refractivity contribution >= 4 is 5.78 Å². The minimum absolute atomic E-state index is 0.234. The molecule has 3 heteroatoms. The van der Waals surface area contributed by atoms with Crippen LogP contribution in [0.4, 0.5) is 0 Å². The van der Waals surface area contributed by atoms with E-state index < -0.39 is 0 Å². The van der Waals surface area contributed by atoms with Crippen molar-refractivity contribution in [3.63, 3.8) is 0 Å². The third kappa shape index (κ3) is 4.15. The summed E-state index contributed by atoms with van der Waals surface area (Å²) in [4.78, 5) is 10.9. The molecule has 1 aromatic carbocycles. The van der Waals surface area contributed by atoms with Crippen molar-refractivity contribution in [3.8, 4) is 5.75 Å². The molecule has 0 atom stereocenters. The highest BCUT2D eigenvalue weighted by atomic mass is 16.5. The number of ether oxygens (including phenoxy) is 2. The van der Waals surface area contributed by atoms with Crippen LogP contribution in [0.1, 0.15) is 31.7 Å². The van der Waals surface area contributed by atoms with E-state index in [9.17, 15) is 4.79 Å². The molecule has 3 nitrogen and oxygen atoms in total. The fraction of sp³-hybridized carbons (Fsp3) is 0.533. The average Bonchev–Trinajstić information content (AvgIpc) is 2.39. The van der Waals surface area contributed by atoms with Gasteiger partial charge in [0, 0.05) is 19.3 Å². The summed E-state index contributed by atoms with van der Waals surface area (Å²) in [5.74, 6) is 1.14. The van der Waals surface area contributed by atoms with Crippen LogP contribution in [0.25, 0.3) is 0 Å². The molecule has 0 bridgehead atoms. The van der Waals surface area contributed by atoms with Gasteiger partial charge in [0.25, 0.3) is 0 Å². The summed E-state index contributed by atoms with van der Waals surface area (Å²) in [6, 6.07) is 8.06. The van der Waals surface area contributed by atoms with Gasteiger partial charge in [0.2, 0.25) is 0 Å². The minimum atomic E-state index is 0.234. The van der Waals surface area contributed by atoms with E-state index >= 15 is 0 Å². The number of ketones is 1. The van der Waals surface area contributed by atoms with Gasteiger partial charge in [-0.05, 0) is 31.0 Å². The quantitative estimate of drug-likeness (QED) is 0.803. The summed E-state index contributed by atoms with van der Waals surface area (Å²) >= 11 is 0. The highest BCUT2D eigenvalue weighted by Gasteiger charge is 2.14. The number of aryl methyl sites for hydroxylation is 1. The molecule has 18 heavy (non-hydrogen) atoms. The van der Waals surface area contributed by atoms with Crippen molar-refractivity contribution in [2.45, 2.75) is 38.7 Å². The van der Waals surface area contributed by atoms with Gasteiger partial charge in [-0.2, -0.15) is 0 Å². The molecule has 0 radical (unpaired) electrons. The van der Waals surface area contributed by atoms with Gasteiger partial charge in [-0.25, -0.2) is 0 Å². The monoisotopic (exact) mass is 248 g/mol. The fourth-order valence-electron chi connectivity index (χ4n) is 2.04. The summed E-state index contributed by atoms with van der Waals surface area (Å²) in [5.41, 5.74) is 1.18. The molecule has 0 saturated carbocycles. The summed E-state index contributed by atoms with van der Waals surface area (Å²) in [5, 5.41) is 0. The van der Waals surface area contributed by atoms with Gasteiger partial charge in [0.15, 0.2) is 0 Å². The van der Waals surface area contributed by atoms with Crippen molar-refractivity contribution in [3.05, 3.63) is 29.8 Å². The Balaban J connectivity index is 1.84. The Kier molecular flexibility index (Phi) is 4.76. The molecule has 0 spiro atoms. The van der Waals surface area contributed by atoms with Crippen molar-refractivity contribution in [1.82, 2.24) is 0 Å². The average molecular weight is 248 g/mol. The Morgan fingerprint density at radius 1 is 1.28 bits per heavy atom. The Labute approximate surface area is 108 Å². The molecular weight excluding hydrogens is 228 g/mol. The van der Waals surface area contributed by atoms with Gasteiger partial charge in [-0.15, -0.1) is 0 Å². The molecule has 1 aliphatic rings. The summed E-state index contributed by atoms with van der Waals surface area (Å²) in [6.45, 7) is 3.21. The molecule has 1 aliphatic heterocycles. The smallest absolute Gasteiger partial charge is 0.130 e. The molecule has 0 N–H and O–H groups in total. The molecule has 1 aromatic rings. The topological polar surface area (TPSA) is 35.5 Å². The van der Waals surface area contributed by atoms with E-state index in [1.807, 2.05) is 24.3 Å². The predicted octanol–water partition coefficient (Wildman–Crippen LogP) is 2.77. The van der Waals surface area contributed by atoms with Crippen LogP contribution in [-0.4, -0.2) is 25.1 Å². The second-order valence-electron chi connectivity index (χ2n) is 4.78. The molecule has 0 amide bonds. The lowest BCUT2D eigenvalue weighted by Crippen LogP contribution is -2.25. The fourth-order valence-corrected chi connectivity index (χ4v) is 2.04. The third-order valence-electron chi connectivity index (χ3n) is 3.16. The van der Waals surface area contributed by atoms with Crippen LogP contribution < -0.4 is 4.74 Å². The van der Waals surface area contributed by atoms with Crippen LogP contribution in [-0.2, 0) is 16.0 Å². The van der Waals surface area contributed by atoms with Crippen molar-refractivity contribution < 1.29 is 14.3 Å². The first-order valence-electron chi connectivity index (χ1n) is 6.57. The maximum atomic E-state index is 10.9. The second kappa shape index (κ2) is 6.55. The number of carbonyl (C=O) groups excluding carboxylic acids is 1. The Hall–Kier alpha value is -1.35. The lowest BCUT2D eigenvalue weighted by atomic mass is 10.1. The number of Topliss-reactive ketones (excluding diaryl/α,β-unsaturated/α-hetero) is 1. The van der Waals surface area contributed by atoms with E-state index in [1.165, 1.54) is 5.56 Å². The SMILES string of the molecule is CC(=O)CCc1ccc(OC2CCOCC2)cc1. The molecule has 1 heterocycles. The number of benzene rings is 1. The van der Waals surface area contributed by atoms with Crippen LogP contribution >= 0.6 is 0 Å². The number of rotatable bonds is 5. The van der Waals surface area contributed by atoms with Crippen LogP contribution in [0, 0.1) is 0 Å². The molecule has 0 unspecified atom stereocenters. The zero-order valence-electron chi connectivity index (χ0n) is 10.9. The van der Waals surface area contributed by atoms with E-state index in [0.717, 1.165) is 38.2 Å². The minimum Gasteiger partial charge on any atom is -0.490 e. The van der Waals surface area contributed by atoms with Crippen molar-refractivity contribution in [2.24, 2.45) is 0 Å². The highest BCUT2D eigenvalue weighted by molar-refractivity contribution is 5.75. The maximum Gasteiger partial charge on any atom is 0.130 e. The summed E-state index contributed by atoms with van der Waals surface area (Å²) in [7, 11) is 0. The summed E-state index contributed by atoms with van der Waals surface area (Å²) < 4.78 is 11.2. The van der Waals surface area contributed by atoms with Gasteiger partial charge in [-0.3, -0.25) is 0 Å². The Bertz CT molecular complexity index is 377. The first-order chi connectivity index (χ1) is 8.74. The van der Waals surface area contributed by atoms with Gasteiger partial charge < -0.3 is 14.3 Å². The van der Waals surface area contributed by atoms with Crippen LogP contribution in [0.2, 0.25) is 0 Å². The van der Waals surface area contributed by atoms with E-state index in [2.05, 4.69) is 0 Å². The van der Waals surface area contributed by atoms with Crippen LogP contribution in [0.15, 0.2) is 24.3 Å². The lowest BCUT2D eigenvalue weighted by molar-refractivity contribution is -0.116. The molecule has 1 saturated heterocycles. The standard InChI is InChI=1S/C15H20O3/c1-12(16)2-3-13-4-6-14(7-5-13)18-15-8-10-17-11-9-15/h4-7,15H,2-3,8-11H2,1H3. The summed E-state index contributed by atoms with van der Waals surface area (Å²) in [6.07, 6.45) is 3.63. The molecule has 2 rings (SSSR count). The normalized spacial score (nSPS) is 16.5. The first kappa shape index (κ1) is 13.1. The van der Waals surface area contributed by atoms with Gasteiger partial charge in [-0.1, -0.05) is 12.1 Å². The van der Waals surface area contributed by atoms with Crippen molar-refractivity contribution in [1.29, 1.82) is 0 Å². The molecule has 0 aliphatic carbocycles. The predicted molar refractivity (Wildman–Crippen MR) is 69.9 cm³/mol. The van der Waals surface area contributed by atoms with Gasteiger partial charge in [0.05, 0.1) is 13.2 Å². The maximum absolute atomic E-state index is 10.9. The van der Waals surface area contributed by atoms with E-state index in [-0.39, 0.29) is 11.9 Å². The van der Waals surface area contributed by atoms with E-state index in [4.69, 9.17) is 9.47 Å². The lowest BCUT2D eigenvalue weighted by Gasteiger charge is -2.23. The molecule has 0 aromatic heterocycles. The number of carbonyl (C=O) groups is 1. The van der Waals surface area contributed by atoms with Gasteiger partial charge >= 0.3 is 0 Å². The van der Waals surface area contributed by atoms with Crippen molar-refractivity contribution in [2.75, 3.05) is 13.2 Å². The largest absolute Gasteiger partial charge is 0.490 e. The second-order valence-corrected chi connectivity index (χ2v) is 4.78. The zero-order chi connectivity index (χ0) is 12.8. The number of hydrogen-bond acceptors (Lipinski definition) is 3. The first-order valence-corrected chi connectivity index (χ1v) is 6.57.